The predicted octanol–water partition coefficient (Wildman–Crippen LogP) is 1.43. The summed E-state index contributed by atoms with van der Waals surface area (Å²) in [4.78, 5) is 10.1. The minimum absolute atomic E-state index is 0.189. The van der Waals surface area contributed by atoms with Gasteiger partial charge < -0.3 is 5.32 Å². The molecule has 0 atom stereocenters. The zero-order chi connectivity index (χ0) is 12.8. The van der Waals surface area contributed by atoms with Crippen molar-refractivity contribution >= 4 is 16.3 Å². The Morgan fingerprint density at radius 3 is 3.11 bits per heavy atom. The van der Waals surface area contributed by atoms with Crippen molar-refractivity contribution in [1.29, 1.82) is 0 Å². The third-order valence-corrected chi connectivity index (χ3v) is 3.29. The molecular weight excluding hydrogens is 254 g/mol. The number of nitrogens with one attached hydrogen (secondary N) is 1. The Hall–Kier alpha value is -1.80. The highest BCUT2D eigenvalue weighted by molar-refractivity contribution is 7.13. The fraction of sp³-hybridized carbons (Fsp3) is 0.400. The largest absolute Gasteiger partial charge is 0.324 e. The SMILES string of the molecule is O=[N+]([O-])c1cc(CNCCCn2ccnn2)cs1. The second-order valence-electron chi connectivity index (χ2n) is 3.75. The zero-order valence-electron chi connectivity index (χ0n) is 9.65. The molecule has 1 N–H and O–H groups in total. The number of nitrogens with zero attached hydrogens (tertiary/aromatic N) is 4. The topological polar surface area (TPSA) is 85.9 Å². The molecule has 18 heavy (non-hydrogen) atoms. The maximum Gasteiger partial charge on any atom is 0.324 e. The minimum atomic E-state index is -0.362. The average Bonchev–Trinajstić information content (AvgIpc) is 2.98. The number of aromatic nitrogens is 3. The van der Waals surface area contributed by atoms with E-state index in [0.717, 1.165) is 36.4 Å². The van der Waals surface area contributed by atoms with Crippen molar-refractivity contribution < 1.29 is 4.92 Å². The third-order valence-electron chi connectivity index (χ3n) is 2.36. The first-order chi connectivity index (χ1) is 8.75. The van der Waals surface area contributed by atoms with E-state index in [1.807, 2.05) is 11.6 Å². The molecule has 0 fully saturated rings. The van der Waals surface area contributed by atoms with Gasteiger partial charge in [-0.2, -0.15) is 0 Å². The normalized spacial score (nSPS) is 10.7. The molecule has 2 aromatic heterocycles. The van der Waals surface area contributed by atoms with Crippen LogP contribution in [-0.4, -0.2) is 26.5 Å². The first-order valence-corrected chi connectivity index (χ1v) is 6.40. The Labute approximate surface area is 108 Å². The second-order valence-corrected chi connectivity index (χ2v) is 4.64. The molecular formula is C10H13N5O2S. The number of rotatable bonds is 7. The van der Waals surface area contributed by atoms with Crippen LogP contribution < -0.4 is 5.32 Å². The first-order valence-electron chi connectivity index (χ1n) is 5.52. The molecule has 0 aliphatic carbocycles. The van der Waals surface area contributed by atoms with Gasteiger partial charge in [0.2, 0.25) is 0 Å². The van der Waals surface area contributed by atoms with Crippen LogP contribution in [-0.2, 0) is 13.1 Å². The van der Waals surface area contributed by atoms with Crippen LogP contribution in [0.15, 0.2) is 23.8 Å². The number of hydrogen-bond acceptors (Lipinski definition) is 6. The van der Waals surface area contributed by atoms with E-state index >= 15 is 0 Å². The molecule has 0 aromatic carbocycles. The lowest BCUT2D eigenvalue weighted by Crippen LogP contribution is -2.16. The van der Waals surface area contributed by atoms with Crippen LogP contribution in [0.5, 0.6) is 0 Å². The fourth-order valence-corrected chi connectivity index (χ4v) is 2.23. The van der Waals surface area contributed by atoms with Gasteiger partial charge >= 0.3 is 5.00 Å². The summed E-state index contributed by atoms with van der Waals surface area (Å²) in [5.74, 6) is 0. The zero-order valence-corrected chi connectivity index (χ0v) is 10.5. The molecule has 96 valence electrons. The summed E-state index contributed by atoms with van der Waals surface area (Å²) in [6.07, 6.45) is 4.41. The van der Waals surface area contributed by atoms with Crippen LogP contribution in [0.2, 0.25) is 0 Å². The van der Waals surface area contributed by atoms with Crippen molar-refractivity contribution in [3.05, 3.63) is 39.5 Å². The van der Waals surface area contributed by atoms with Gasteiger partial charge in [0.15, 0.2) is 0 Å². The molecule has 0 saturated heterocycles. The lowest BCUT2D eigenvalue weighted by atomic mass is 10.3. The van der Waals surface area contributed by atoms with E-state index in [1.54, 1.807) is 16.9 Å². The van der Waals surface area contributed by atoms with E-state index in [1.165, 1.54) is 0 Å². The van der Waals surface area contributed by atoms with E-state index in [9.17, 15) is 10.1 Å². The van der Waals surface area contributed by atoms with Crippen LogP contribution in [0.1, 0.15) is 12.0 Å². The molecule has 0 unspecified atom stereocenters. The number of nitro groups is 1. The monoisotopic (exact) mass is 267 g/mol. The summed E-state index contributed by atoms with van der Waals surface area (Å²) < 4.78 is 1.77. The number of aryl methyl sites for hydroxylation is 1. The van der Waals surface area contributed by atoms with E-state index < -0.39 is 0 Å². The Bertz CT molecular complexity index is 496. The fourth-order valence-electron chi connectivity index (χ4n) is 1.50. The lowest BCUT2D eigenvalue weighted by Gasteiger charge is -2.02. The summed E-state index contributed by atoms with van der Waals surface area (Å²) in [6, 6.07) is 1.61. The summed E-state index contributed by atoms with van der Waals surface area (Å²) in [5, 5.41) is 23.3. The predicted molar refractivity (Wildman–Crippen MR) is 67.3 cm³/mol. The Kier molecular flexibility index (Phi) is 4.37. The van der Waals surface area contributed by atoms with Gasteiger partial charge in [0.25, 0.3) is 0 Å². The maximum atomic E-state index is 10.5. The van der Waals surface area contributed by atoms with Gasteiger partial charge in [-0.3, -0.25) is 14.8 Å². The molecule has 0 aliphatic heterocycles. The molecule has 0 saturated carbocycles. The van der Waals surface area contributed by atoms with Gasteiger partial charge in [-0.1, -0.05) is 16.6 Å². The summed E-state index contributed by atoms with van der Waals surface area (Å²) >= 11 is 1.16. The smallest absolute Gasteiger partial charge is 0.313 e. The van der Waals surface area contributed by atoms with Crippen molar-refractivity contribution in [1.82, 2.24) is 20.3 Å². The molecule has 0 bridgehead atoms. The van der Waals surface area contributed by atoms with E-state index in [2.05, 4.69) is 15.6 Å². The standard InChI is InChI=1S/C10H13N5O2S/c16-15(17)10-6-9(8-18-10)7-11-2-1-4-14-5-3-12-13-14/h3,5-6,8,11H,1-2,4,7H2. The molecule has 0 radical (unpaired) electrons. The van der Waals surface area contributed by atoms with Crippen LogP contribution >= 0.6 is 11.3 Å². The van der Waals surface area contributed by atoms with Gasteiger partial charge in [0.05, 0.1) is 11.1 Å². The highest BCUT2D eigenvalue weighted by atomic mass is 32.1. The molecule has 0 spiro atoms. The van der Waals surface area contributed by atoms with E-state index in [4.69, 9.17) is 0 Å². The Morgan fingerprint density at radius 1 is 1.56 bits per heavy atom. The maximum absolute atomic E-state index is 10.5. The average molecular weight is 267 g/mol. The van der Waals surface area contributed by atoms with Crippen LogP contribution in [0.3, 0.4) is 0 Å². The highest BCUT2D eigenvalue weighted by Crippen LogP contribution is 2.22. The molecule has 0 aliphatic rings. The lowest BCUT2D eigenvalue weighted by molar-refractivity contribution is -0.380. The molecule has 2 heterocycles. The van der Waals surface area contributed by atoms with Gasteiger partial charge in [0.1, 0.15) is 0 Å². The van der Waals surface area contributed by atoms with Crippen LogP contribution in [0.4, 0.5) is 5.00 Å². The molecule has 8 heteroatoms. The van der Waals surface area contributed by atoms with Gasteiger partial charge in [0, 0.05) is 30.7 Å². The van der Waals surface area contributed by atoms with E-state index in [0.29, 0.717) is 6.54 Å². The number of thiophene rings is 1. The van der Waals surface area contributed by atoms with E-state index in [-0.39, 0.29) is 9.92 Å². The van der Waals surface area contributed by atoms with Gasteiger partial charge in [-0.05, 0) is 18.5 Å². The van der Waals surface area contributed by atoms with Crippen molar-refractivity contribution in [3.8, 4) is 0 Å². The summed E-state index contributed by atoms with van der Waals surface area (Å²) in [5.41, 5.74) is 0.951. The van der Waals surface area contributed by atoms with Crippen molar-refractivity contribution in [3.63, 3.8) is 0 Å². The van der Waals surface area contributed by atoms with Gasteiger partial charge in [-0.25, -0.2) is 0 Å². The minimum Gasteiger partial charge on any atom is -0.313 e. The van der Waals surface area contributed by atoms with Crippen LogP contribution in [0.25, 0.3) is 0 Å². The molecule has 2 rings (SSSR count). The summed E-state index contributed by atoms with van der Waals surface area (Å²) in [7, 11) is 0. The molecule has 7 nitrogen and oxygen atoms in total. The van der Waals surface area contributed by atoms with Crippen molar-refractivity contribution in [2.75, 3.05) is 6.54 Å². The molecule has 2 aromatic rings. The summed E-state index contributed by atoms with van der Waals surface area (Å²) in [6.45, 7) is 2.31. The molecule has 0 amide bonds. The van der Waals surface area contributed by atoms with Crippen molar-refractivity contribution in [2.45, 2.75) is 19.5 Å². The highest BCUT2D eigenvalue weighted by Gasteiger charge is 2.08. The Balaban J connectivity index is 1.64. The quantitative estimate of drug-likeness (QED) is 0.466. The van der Waals surface area contributed by atoms with Gasteiger partial charge in [-0.15, -0.1) is 5.10 Å². The first kappa shape index (κ1) is 12.7. The van der Waals surface area contributed by atoms with Crippen LogP contribution in [0, 0.1) is 10.1 Å². The second kappa shape index (κ2) is 6.22. The third kappa shape index (κ3) is 3.60. The Morgan fingerprint density at radius 2 is 2.44 bits per heavy atom. The number of hydrogen-bond donors (Lipinski definition) is 1. The van der Waals surface area contributed by atoms with Crippen molar-refractivity contribution in [2.24, 2.45) is 0 Å².